The van der Waals surface area contributed by atoms with Gasteiger partial charge in [-0.1, -0.05) is 6.92 Å². The Morgan fingerprint density at radius 3 is 2.70 bits per heavy atom. The lowest BCUT2D eigenvalue weighted by molar-refractivity contribution is 0.473. The molecule has 5 heteroatoms. The van der Waals surface area contributed by atoms with Crippen molar-refractivity contribution in [1.29, 1.82) is 0 Å². The first-order chi connectivity index (χ1) is 9.54. The Labute approximate surface area is 133 Å². The van der Waals surface area contributed by atoms with Crippen LogP contribution in [0.4, 0.5) is 0 Å². The van der Waals surface area contributed by atoms with Crippen LogP contribution in [0.2, 0.25) is 0 Å². The van der Waals surface area contributed by atoms with Gasteiger partial charge in [0, 0.05) is 15.8 Å². The first-order valence-corrected chi connectivity index (χ1v) is 8.68. The molecule has 0 aliphatic carbocycles. The highest BCUT2D eigenvalue weighted by molar-refractivity contribution is 9.10. The third kappa shape index (κ3) is 3.32. The number of aryl methyl sites for hydroxylation is 1. The van der Waals surface area contributed by atoms with E-state index in [0.29, 0.717) is 6.04 Å². The van der Waals surface area contributed by atoms with E-state index in [2.05, 4.69) is 70.9 Å². The van der Waals surface area contributed by atoms with Gasteiger partial charge in [-0.05, 0) is 61.8 Å². The number of nitrogens with zero attached hydrogens (tertiary/aromatic N) is 2. The second kappa shape index (κ2) is 6.87. The van der Waals surface area contributed by atoms with E-state index in [1.807, 2.05) is 17.5 Å². The van der Waals surface area contributed by atoms with Crippen LogP contribution in [-0.4, -0.2) is 16.3 Å². The molecule has 0 spiro atoms. The summed E-state index contributed by atoms with van der Waals surface area (Å²) in [5, 5.41) is 8.17. The third-order valence-corrected chi connectivity index (χ3v) is 4.87. The molecule has 20 heavy (non-hydrogen) atoms. The fraction of sp³-hybridized carbons (Fsp3) is 0.533. The van der Waals surface area contributed by atoms with E-state index < -0.39 is 0 Å². The SMILES string of the molecule is CCCNC(c1ccc(C)s1)c1c(Br)cnn1C(C)C. The minimum atomic E-state index is 0.202. The molecule has 3 nitrogen and oxygen atoms in total. The molecule has 1 unspecified atom stereocenters. The van der Waals surface area contributed by atoms with E-state index in [4.69, 9.17) is 0 Å². The Kier molecular flexibility index (Phi) is 5.41. The quantitative estimate of drug-likeness (QED) is 0.814. The van der Waals surface area contributed by atoms with Crippen LogP contribution in [0.25, 0.3) is 0 Å². The fourth-order valence-corrected chi connectivity index (χ4v) is 3.72. The maximum atomic E-state index is 4.51. The first kappa shape index (κ1) is 15.7. The predicted molar refractivity (Wildman–Crippen MR) is 89.5 cm³/mol. The van der Waals surface area contributed by atoms with Crippen molar-refractivity contribution in [2.24, 2.45) is 0 Å². The van der Waals surface area contributed by atoms with Gasteiger partial charge in [0.2, 0.25) is 0 Å². The smallest absolute Gasteiger partial charge is 0.0853 e. The topological polar surface area (TPSA) is 29.9 Å². The molecule has 0 saturated heterocycles. The number of aromatic nitrogens is 2. The lowest BCUT2D eigenvalue weighted by Crippen LogP contribution is -2.26. The zero-order chi connectivity index (χ0) is 14.7. The van der Waals surface area contributed by atoms with Gasteiger partial charge >= 0.3 is 0 Å². The van der Waals surface area contributed by atoms with Crippen molar-refractivity contribution >= 4 is 27.3 Å². The van der Waals surface area contributed by atoms with Crippen LogP contribution in [0.5, 0.6) is 0 Å². The molecular weight excluding hydrogens is 334 g/mol. The molecule has 0 aromatic carbocycles. The Bertz CT molecular complexity index is 559. The van der Waals surface area contributed by atoms with Gasteiger partial charge in [0.25, 0.3) is 0 Å². The summed E-state index contributed by atoms with van der Waals surface area (Å²) >= 11 is 5.51. The molecule has 1 atom stereocenters. The molecule has 2 aromatic heterocycles. The minimum Gasteiger partial charge on any atom is -0.304 e. The number of hydrogen-bond acceptors (Lipinski definition) is 3. The summed E-state index contributed by atoms with van der Waals surface area (Å²) in [7, 11) is 0. The van der Waals surface area contributed by atoms with Crippen molar-refractivity contribution in [3.05, 3.63) is 38.3 Å². The van der Waals surface area contributed by atoms with Crippen LogP contribution >= 0.6 is 27.3 Å². The number of rotatable bonds is 6. The molecule has 2 aromatic rings. The van der Waals surface area contributed by atoms with Gasteiger partial charge in [0.15, 0.2) is 0 Å². The van der Waals surface area contributed by atoms with Crippen molar-refractivity contribution in [2.45, 2.75) is 46.2 Å². The van der Waals surface area contributed by atoms with Gasteiger partial charge in [-0.3, -0.25) is 4.68 Å². The van der Waals surface area contributed by atoms with E-state index >= 15 is 0 Å². The number of halogens is 1. The van der Waals surface area contributed by atoms with Crippen LogP contribution in [0.1, 0.15) is 54.7 Å². The van der Waals surface area contributed by atoms with E-state index in [1.54, 1.807) is 0 Å². The van der Waals surface area contributed by atoms with Crippen molar-refractivity contribution in [3.8, 4) is 0 Å². The highest BCUT2D eigenvalue weighted by Crippen LogP contribution is 2.33. The second-order valence-corrected chi connectivity index (χ2v) is 7.43. The maximum Gasteiger partial charge on any atom is 0.0853 e. The minimum absolute atomic E-state index is 0.202. The number of hydrogen-bond donors (Lipinski definition) is 1. The Hall–Kier alpha value is -0.650. The van der Waals surface area contributed by atoms with Crippen molar-refractivity contribution in [1.82, 2.24) is 15.1 Å². The van der Waals surface area contributed by atoms with Crippen molar-refractivity contribution < 1.29 is 0 Å². The summed E-state index contributed by atoms with van der Waals surface area (Å²) in [6, 6.07) is 4.96. The van der Waals surface area contributed by atoms with E-state index in [-0.39, 0.29) is 6.04 Å². The lowest BCUT2D eigenvalue weighted by atomic mass is 10.1. The van der Waals surface area contributed by atoms with Crippen LogP contribution in [0.15, 0.2) is 22.8 Å². The first-order valence-electron chi connectivity index (χ1n) is 7.07. The summed E-state index contributed by atoms with van der Waals surface area (Å²) in [4.78, 5) is 2.69. The lowest BCUT2D eigenvalue weighted by Gasteiger charge is -2.21. The number of thiophene rings is 1. The predicted octanol–water partition coefficient (Wildman–Crippen LogP) is 4.69. The molecule has 0 fully saturated rings. The zero-order valence-corrected chi connectivity index (χ0v) is 14.9. The number of nitrogens with one attached hydrogen (secondary N) is 1. The zero-order valence-electron chi connectivity index (χ0n) is 12.5. The van der Waals surface area contributed by atoms with E-state index in [0.717, 1.165) is 17.4 Å². The Morgan fingerprint density at radius 1 is 1.40 bits per heavy atom. The average Bonchev–Trinajstić information content (AvgIpc) is 2.98. The van der Waals surface area contributed by atoms with E-state index in [1.165, 1.54) is 15.4 Å². The molecule has 2 rings (SSSR count). The van der Waals surface area contributed by atoms with Gasteiger partial charge < -0.3 is 5.32 Å². The molecule has 1 N–H and O–H groups in total. The molecule has 0 aliphatic rings. The molecule has 0 amide bonds. The normalized spacial score (nSPS) is 13.1. The average molecular weight is 356 g/mol. The Morgan fingerprint density at radius 2 is 2.15 bits per heavy atom. The molecule has 0 radical (unpaired) electrons. The third-order valence-electron chi connectivity index (χ3n) is 3.19. The standard InChI is InChI=1S/C15H22BrN3S/c1-5-8-17-14(13-7-6-11(4)20-13)15-12(16)9-18-19(15)10(2)3/h6-7,9-10,14,17H,5,8H2,1-4H3. The summed E-state index contributed by atoms with van der Waals surface area (Å²) in [6.07, 6.45) is 3.02. The molecule has 2 heterocycles. The molecule has 0 saturated carbocycles. The highest BCUT2D eigenvalue weighted by atomic mass is 79.9. The van der Waals surface area contributed by atoms with E-state index in [9.17, 15) is 0 Å². The maximum absolute atomic E-state index is 4.51. The molecule has 0 aliphatic heterocycles. The van der Waals surface area contributed by atoms with Gasteiger partial charge in [-0.25, -0.2) is 0 Å². The summed E-state index contributed by atoms with van der Waals surface area (Å²) in [5.41, 5.74) is 1.22. The largest absolute Gasteiger partial charge is 0.304 e. The molecule has 0 bridgehead atoms. The van der Waals surface area contributed by atoms with Gasteiger partial charge in [-0.2, -0.15) is 5.10 Å². The molecule has 110 valence electrons. The highest BCUT2D eigenvalue weighted by Gasteiger charge is 2.23. The van der Waals surface area contributed by atoms with Gasteiger partial charge in [0.05, 0.1) is 22.4 Å². The van der Waals surface area contributed by atoms with Crippen LogP contribution in [-0.2, 0) is 0 Å². The van der Waals surface area contributed by atoms with Crippen molar-refractivity contribution in [3.63, 3.8) is 0 Å². The summed E-state index contributed by atoms with van der Waals surface area (Å²) in [5.74, 6) is 0. The summed E-state index contributed by atoms with van der Waals surface area (Å²) in [6.45, 7) is 9.68. The van der Waals surface area contributed by atoms with Crippen LogP contribution in [0.3, 0.4) is 0 Å². The monoisotopic (exact) mass is 355 g/mol. The molecular formula is C15H22BrN3S. The van der Waals surface area contributed by atoms with Gasteiger partial charge in [0.1, 0.15) is 0 Å². The Balaban J connectivity index is 2.43. The van der Waals surface area contributed by atoms with Crippen LogP contribution in [0, 0.1) is 6.92 Å². The second-order valence-electron chi connectivity index (χ2n) is 5.25. The fourth-order valence-electron chi connectivity index (χ4n) is 2.26. The summed E-state index contributed by atoms with van der Waals surface area (Å²) < 4.78 is 3.18. The van der Waals surface area contributed by atoms with Crippen LogP contribution < -0.4 is 5.32 Å². The van der Waals surface area contributed by atoms with Crippen molar-refractivity contribution in [2.75, 3.05) is 6.54 Å². The van der Waals surface area contributed by atoms with Gasteiger partial charge in [-0.15, -0.1) is 11.3 Å².